The van der Waals surface area contributed by atoms with E-state index in [1.165, 1.54) is 16.3 Å². The predicted molar refractivity (Wildman–Crippen MR) is 84.9 cm³/mol. The molecule has 0 bridgehead atoms. The van der Waals surface area contributed by atoms with Gasteiger partial charge in [0.25, 0.3) is 0 Å². The van der Waals surface area contributed by atoms with Gasteiger partial charge in [-0.05, 0) is 46.9 Å². The molecule has 0 aromatic heterocycles. The first-order valence-electron chi connectivity index (χ1n) is 6.95. The van der Waals surface area contributed by atoms with E-state index in [9.17, 15) is 9.90 Å². The van der Waals surface area contributed by atoms with Crippen LogP contribution in [0, 0.1) is 6.92 Å². The molecule has 21 heavy (non-hydrogen) atoms. The van der Waals surface area contributed by atoms with Crippen LogP contribution in [0.2, 0.25) is 0 Å². The summed E-state index contributed by atoms with van der Waals surface area (Å²) < 4.78 is 0. The quantitative estimate of drug-likeness (QED) is 0.768. The van der Waals surface area contributed by atoms with E-state index in [2.05, 4.69) is 31.2 Å². The maximum Gasteiger partial charge on any atom is 0.335 e. The molecule has 3 aromatic carbocycles. The van der Waals surface area contributed by atoms with Crippen molar-refractivity contribution in [1.82, 2.24) is 0 Å². The fourth-order valence-electron chi connectivity index (χ4n) is 2.75. The summed E-state index contributed by atoms with van der Waals surface area (Å²) in [4.78, 5) is 11.3. The van der Waals surface area contributed by atoms with E-state index in [4.69, 9.17) is 0 Å². The molecular formula is C19H16O2. The summed E-state index contributed by atoms with van der Waals surface area (Å²) in [5.74, 6) is -0.873. The summed E-state index contributed by atoms with van der Waals surface area (Å²) in [6, 6.07) is 19.7. The first kappa shape index (κ1) is 13.4. The van der Waals surface area contributed by atoms with Crippen LogP contribution in [0.3, 0.4) is 0 Å². The minimum Gasteiger partial charge on any atom is -0.478 e. The second kappa shape index (κ2) is 5.41. The SMILES string of the molecule is Cc1ccc(Cc2ccccc2C(=O)O)c2ccccc12. The second-order valence-electron chi connectivity index (χ2n) is 5.23. The van der Waals surface area contributed by atoms with Crippen LogP contribution in [0.25, 0.3) is 10.8 Å². The molecule has 0 radical (unpaired) electrons. The van der Waals surface area contributed by atoms with Crippen molar-refractivity contribution in [1.29, 1.82) is 0 Å². The van der Waals surface area contributed by atoms with E-state index >= 15 is 0 Å². The number of fused-ring (bicyclic) bond motifs is 1. The third kappa shape index (κ3) is 2.52. The van der Waals surface area contributed by atoms with Gasteiger partial charge in [0.2, 0.25) is 0 Å². The fraction of sp³-hybridized carbons (Fsp3) is 0.105. The molecule has 3 rings (SSSR count). The Morgan fingerprint density at radius 3 is 2.29 bits per heavy atom. The molecule has 0 fully saturated rings. The average molecular weight is 276 g/mol. The van der Waals surface area contributed by atoms with E-state index in [0.717, 1.165) is 11.1 Å². The Hall–Kier alpha value is -2.61. The minimum atomic E-state index is -0.873. The molecule has 0 aliphatic carbocycles. The van der Waals surface area contributed by atoms with Crippen LogP contribution in [-0.2, 0) is 6.42 Å². The van der Waals surface area contributed by atoms with Gasteiger partial charge in [0, 0.05) is 0 Å². The molecule has 3 aromatic rings. The molecule has 0 atom stereocenters. The number of aromatic carboxylic acids is 1. The zero-order valence-electron chi connectivity index (χ0n) is 11.8. The van der Waals surface area contributed by atoms with Crippen molar-refractivity contribution >= 4 is 16.7 Å². The number of aryl methyl sites for hydroxylation is 1. The van der Waals surface area contributed by atoms with Crippen LogP contribution in [-0.4, -0.2) is 11.1 Å². The summed E-state index contributed by atoms with van der Waals surface area (Å²) in [5.41, 5.74) is 3.62. The van der Waals surface area contributed by atoms with E-state index in [-0.39, 0.29) is 0 Å². The monoisotopic (exact) mass is 276 g/mol. The van der Waals surface area contributed by atoms with Gasteiger partial charge in [-0.25, -0.2) is 4.79 Å². The zero-order valence-corrected chi connectivity index (χ0v) is 11.8. The lowest BCUT2D eigenvalue weighted by atomic mass is 9.94. The Bertz CT molecular complexity index is 819. The lowest BCUT2D eigenvalue weighted by Gasteiger charge is -2.11. The van der Waals surface area contributed by atoms with Crippen LogP contribution in [0.4, 0.5) is 0 Å². The van der Waals surface area contributed by atoms with Gasteiger partial charge in [0.1, 0.15) is 0 Å². The lowest BCUT2D eigenvalue weighted by molar-refractivity contribution is 0.0696. The lowest BCUT2D eigenvalue weighted by Crippen LogP contribution is -2.03. The topological polar surface area (TPSA) is 37.3 Å². The maximum atomic E-state index is 11.3. The minimum absolute atomic E-state index is 0.377. The number of carboxylic acid groups (broad SMARTS) is 1. The van der Waals surface area contributed by atoms with Crippen molar-refractivity contribution in [3.05, 3.63) is 82.9 Å². The van der Waals surface area contributed by atoms with E-state index in [0.29, 0.717) is 12.0 Å². The predicted octanol–water partition coefficient (Wildman–Crippen LogP) is 4.44. The van der Waals surface area contributed by atoms with Crippen LogP contribution >= 0.6 is 0 Å². The maximum absolute atomic E-state index is 11.3. The molecule has 1 N–H and O–H groups in total. The third-order valence-electron chi connectivity index (χ3n) is 3.86. The number of carboxylic acids is 1. The van der Waals surface area contributed by atoms with Crippen LogP contribution < -0.4 is 0 Å². The highest BCUT2D eigenvalue weighted by molar-refractivity contribution is 5.91. The summed E-state index contributed by atoms with van der Waals surface area (Å²) in [5, 5.41) is 11.7. The third-order valence-corrected chi connectivity index (χ3v) is 3.86. The van der Waals surface area contributed by atoms with E-state index < -0.39 is 5.97 Å². The van der Waals surface area contributed by atoms with E-state index in [1.807, 2.05) is 24.3 Å². The highest BCUT2D eigenvalue weighted by atomic mass is 16.4. The molecule has 2 nitrogen and oxygen atoms in total. The smallest absolute Gasteiger partial charge is 0.335 e. The van der Waals surface area contributed by atoms with Gasteiger partial charge in [-0.3, -0.25) is 0 Å². The Balaban J connectivity index is 2.11. The summed E-state index contributed by atoms with van der Waals surface area (Å²) in [6.45, 7) is 2.09. The largest absolute Gasteiger partial charge is 0.478 e. The number of carbonyl (C=O) groups is 1. The Kier molecular flexibility index (Phi) is 3.44. The summed E-state index contributed by atoms with van der Waals surface area (Å²) in [6.07, 6.45) is 0.628. The summed E-state index contributed by atoms with van der Waals surface area (Å²) in [7, 11) is 0. The number of rotatable bonds is 3. The molecule has 0 saturated carbocycles. The van der Waals surface area contributed by atoms with Crippen molar-refractivity contribution in [3.8, 4) is 0 Å². The van der Waals surface area contributed by atoms with Crippen LogP contribution in [0.5, 0.6) is 0 Å². The number of benzene rings is 3. The average Bonchev–Trinajstić information content (AvgIpc) is 2.51. The molecule has 0 spiro atoms. The van der Waals surface area contributed by atoms with Crippen molar-refractivity contribution < 1.29 is 9.90 Å². The van der Waals surface area contributed by atoms with Gasteiger partial charge in [-0.15, -0.1) is 0 Å². The van der Waals surface area contributed by atoms with Gasteiger partial charge in [-0.2, -0.15) is 0 Å². The molecule has 0 saturated heterocycles. The fourth-order valence-corrected chi connectivity index (χ4v) is 2.75. The molecule has 104 valence electrons. The molecular weight excluding hydrogens is 260 g/mol. The van der Waals surface area contributed by atoms with E-state index in [1.54, 1.807) is 12.1 Å². The molecule has 0 aliphatic rings. The molecule has 0 heterocycles. The van der Waals surface area contributed by atoms with Crippen molar-refractivity contribution in [2.75, 3.05) is 0 Å². The number of hydrogen-bond donors (Lipinski definition) is 1. The second-order valence-corrected chi connectivity index (χ2v) is 5.23. The Morgan fingerprint density at radius 1 is 0.857 bits per heavy atom. The first-order chi connectivity index (χ1) is 10.2. The van der Waals surface area contributed by atoms with Gasteiger partial charge in [-0.1, -0.05) is 54.6 Å². The van der Waals surface area contributed by atoms with Gasteiger partial charge in [0.15, 0.2) is 0 Å². The molecule has 0 aliphatic heterocycles. The van der Waals surface area contributed by atoms with Crippen LogP contribution in [0.15, 0.2) is 60.7 Å². The molecule has 2 heteroatoms. The standard InChI is InChI=1S/C19H16O2/c1-13-10-11-15(17-8-5-4-7-16(13)17)12-14-6-2-3-9-18(14)19(20)21/h2-11H,12H2,1H3,(H,20,21). The van der Waals surface area contributed by atoms with Crippen LogP contribution in [0.1, 0.15) is 27.0 Å². The zero-order chi connectivity index (χ0) is 14.8. The molecule has 0 unspecified atom stereocenters. The number of hydrogen-bond acceptors (Lipinski definition) is 1. The molecule has 0 amide bonds. The van der Waals surface area contributed by atoms with Gasteiger partial charge >= 0.3 is 5.97 Å². The highest BCUT2D eigenvalue weighted by Crippen LogP contribution is 2.25. The van der Waals surface area contributed by atoms with Crippen molar-refractivity contribution in [2.45, 2.75) is 13.3 Å². The Morgan fingerprint density at radius 2 is 1.52 bits per heavy atom. The van der Waals surface area contributed by atoms with Crippen molar-refractivity contribution in [2.24, 2.45) is 0 Å². The highest BCUT2D eigenvalue weighted by Gasteiger charge is 2.11. The Labute approximate surface area is 123 Å². The van der Waals surface area contributed by atoms with Gasteiger partial charge < -0.3 is 5.11 Å². The van der Waals surface area contributed by atoms with Gasteiger partial charge in [0.05, 0.1) is 5.56 Å². The normalized spacial score (nSPS) is 10.7. The first-order valence-corrected chi connectivity index (χ1v) is 6.95. The summed E-state index contributed by atoms with van der Waals surface area (Å²) >= 11 is 0. The van der Waals surface area contributed by atoms with Crippen molar-refractivity contribution in [3.63, 3.8) is 0 Å².